The normalized spacial score (nSPS) is 22.6. The second-order valence-corrected chi connectivity index (χ2v) is 14.6. The van der Waals surface area contributed by atoms with Gasteiger partial charge in [-0.05, 0) is 70.1 Å². The van der Waals surface area contributed by atoms with E-state index in [1.807, 2.05) is 30.3 Å². The number of aliphatic hydroxyl groups is 1. The van der Waals surface area contributed by atoms with Crippen LogP contribution in [0.2, 0.25) is 0 Å². The number of nitrogens with zero attached hydrogens (tertiary/aromatic N) is 4. The van der Waals surface area contributed by atoms with Crippen molar-refractivity contribution >= 4 is 35.3 Å². The molecule has 2 aromatic heterocycles. The second kappa shape index (κ2) is 16.5. The van der Waals surface area contributed by atoms with Crippen molar-refractivity contribution in [1.82, 2.24) is 14.6 Å². The number of ether oxygens (including phenoxy) is 4. The smallest absolute Gasteiger partial charge is 0.415 e. The largest absolute Gasteiger partial charge is 0.464 e. The minimum Gasteiger partial charge on any atom is -0.464 e. The number of nitrogens with two attached hydrogens (primary N) is 1. The van der Waals surface area contributed by atoms with E-state index in [1.165, 1.54) is 4.52 Å². The zero-order chi connectivity index (χ0) is 37.5. The molecule has 0 radical (unpaired) electrons. The van der Waals surface area contributed by atoms with E-state index in [2.05, 4.69) is 21.5 Å². The van der Waals surface area contributed by atoms with Gasteiger partial charge in [0.05, 0.1) is 23.8 Å². The Morgan fingerprint density at radius 3 is 2.50 bits per heavy atom. The van der Waals surface area contributed by atoms with Crippen LogP contribution in [0.4, 0.5) is 10.6 Å². The third-order valence-corrected chi connectivity index (χ3v) is 9.67. The lowest BCUT2D eigenvalue weighted by Crippen LogP contribution is -2.42. The summed E-state index contributed by atoms with van der Waals surface area (Å²) in [4.78, 5) is 54.9. The van der Waals surface area contributed by atoms with Crippen LogP contribution >= 0.6 is 0 Å². The number of benzene rings is 1. The van der Waals surface area contributed by atoms with E-state index >= 15 is 0 Å². The summed E-state index contributed by atoms with van der Waals surface area (Å²) in [6.07, 6.45) is 2.83. The molecule has 15 nitrogen and oxygen atoms in total. The molecule has 5 rings (SSSR count). The van der Waals surface area contributed by atoms with Crippen molar-refractivity contribution in [3.8, 4) is 6.07 Å². The van der Waals surface area contributed by atoms with E-state index in [4.69, 9.17) is 24.7 Å². The highest BCUT2D eigenvalue weighted by Crippen LogP contribution is 2.46. The van der Waals surface area contributed by atoms with Gasteiger partial charge in [-0.3, -0.25) is 19.7 Å². The van der Waals surface area contributed by atoms with Gasteiger partial charge in [-0.2, -0.15) is 10.4 Å². The molecule has 0 spiro atoms. The summed E-state index contributed by atoms with van der Waals surface area (Å²) in [5.41, 5.74) is 5.05. The van der Waals surface area contributed by atoms with Crippen LogP contribution in [0.5, 0.6) is 0 Å². The highest BCUT2D eigenvalue weighted by Gasteiger charge is 2.58. The van der Waals surface area contributed by atoms with E-state index in [-0.39, 0.29) is 48.8 Å². The quantitative estimate of drug-likeness (QED) is 0.137. The molecule has 3 aromatic rings. The van der Waals surface area contributed by atoms with Gasteiger partial charge in [-0.25, -0.2) is 14.3 Å². The SMILES string of the molecule is CC(C)(C)C(=O)OCOC(=O)Nc1ncnn2c([C@]3(C#N)C[C@H](COC(=O)[C@@H](N)Cc4ccccc4)[C@@H](OC(=O)CC4CCCCC4)[C@H]3O)ccc12. The summed E-state index contributed by atoms with van der Waals surface area (Å²) in [5, 5.41) is 29.4. The minimum atomic E-state index is -1.68. The average Bonchev–Trinajstić information content (AvgIpc) is 3.67. The number of carbonyl (C=O) groups is 4. The van der Waals surface area contributed by atoms with Crippen LogP contribution in [0.1, 0.15) is 77.0 Å². The van der Waals surface area contributed by atoms with Gasteiger partial charge in [-0.1, -0.05) is 49.6 Å². The molecule has 0 saturated heterocycles. The van der Waals surface area contributed by atoms with Crippen LogP contribution in [-0.4, -0.2) is 75.4 Å². The number of carbonyl (C=O) groups excluding carboxylic acids is 4. The van der Waals surface area contributed by atoms with Crippen LogP contribution in [0, 0.1) is 28.6 Å². The minimum absolute atomic E-state index is 0.0160. The molecule has 0 unspecified atom stereocenters. The van der Waals surface area contributed by atoms with Crippen molar-refractivity contribution < 1.29 is 43.2 Å². The Kier molecular flexibility index (Phi) is 12.1. The number of hydrogen-bond donors (Lipinski definition) is 3. The van der Waals surface area contributed by atoms with Crippen LogP contribution in [0.25, 0.3) is 5.52 Å². The maximum absolute atomic E-state index is 13.3. The lowest BCUT2D eigenvalue weighted by atomic mass is 9.81. The molecule has 2 heterocycles. The van der Waals surface area contributed by atoms with Gasteiger partial charge in [0.2, 0.25) is 6.79 Å². The highest BCUT2D eigenvalue weighted by atomic mass is 16.7. The monoisotopic (exact) mass is 718 g/mol. The summed E-state index contributed by atoms with van der Waals surface area (Å²) in [5.74, 6) is -2.31. The van der Waals surface area contributed by atoms with E-state index in [0.29, 0.717) is 0 Å². The third-order valence-electron chi connectivity index (χ3n) is 9.67. The zero-order valence-corrected chi connectivity index (χ0v) is 29.7. The molecule has 52 heavy (non-hydrogen) atoms. The predicted octanol–water partition coefficient (Wildman–Crippen LogP) is 3.96. The average molecular weight is 719 g/mol. The lowest BCUT2D eigenvalue weighted by molar-refractivity contribution is -0.162. The number of aromatic nitrogens is 3. The Balaban J connectivity index is 1.35. The van der Waals surface area contributed by atoms with Crippen LogP contribution < -0.4 is 11.1 Å². The molecule has 5 atom stereocenters. The van der Waals surface area contributed by atoms with Crippen molar-refractivity contribution in [2.24, 2.45) is 23.0 Å². The van der Waals surface area contributed by atoms with E-state index < -0.39 is 65.8 Å². The maximum Gasteiger partial charge on any atom is 0.415 e. The second-order valence-electron chi connectivity index (χ2n) is 14.6. The van der Waals surface area contributed by atoms with E-state index in [9.17, 15) is 29.5 Å². The number of anilines is 1. The van der Waals surface area contributed by atoms with Crippen molar-refractivity contribution in [2.75, 3.05) is 18.7 Å². The molecule has 1 aromatic carbocycles. The topological polar surface area (TPSA) is 217 Å². The molecule has 2 aliphatic rings. The van der Waals surface area contributed by atoms with Gasteiger partial charge in [0.25, 0.3) is 0 Å². The van der Waals surface area contributed by atoms with Gasteiger partial charge in [-0.15, -0.1) is 0 Å². The Hall–Kier alpha value is -5.07. The standard InChI is InChI=1S/C37H46N6O9/c1-36(2,3)34(47)50-22-51-35(48)42-32-27-14-15-28(43(27)41-21-40-32)37(20-38)18-25(19-49-33(46)26(39)16-23-10-6-4-7-11-23)30(31(37)45)52-29(44)17-24-12-8-5-9-13-24/h4,6-7,10-11,14-15,21,24-26,30-31,45H,5,8-9,12-13,16-19,22,39H2,1-3H3,(H,40,41,42,48)/t25-,26+,30-,31-,37-/m1/s1. The summed E-state index contributed by atoms with van der Waals surface area (Å²) >= 11 is 0. The number of amides is 1. The summed E-state index contributed by atoms with van der Waals surface area (Å²) < 4.78 is 22.9. The highest BCUT2D eigenvalue weighted by molar-refractivity contribution is 5.89. The number of fused-ring (bicyclic) bond motifs is 1. The van der Waals surface area contributed by atoms with Gasteiger partial charge in [0.1, 0.15) is 35.5 Å². The summed E-state index contributed by atoms with van der Waals surface area (Å²) in [6.45, 7) is 4.10. The fourth-order valence-electron chi connectivity index (χ4n) is 6.86. The predicted molar refractivity (Wildman–Crippen MR) is 185 cm³/mol. The first kappa shape index (κ1) is 38.2. The Morgan fingerprint density at radius 1 is 1.08 bits per heavy atom. The third kappa shape index (κ3) is 8.86. The van der Waals surface area contributed by atoms with Crippen molar-refractivity contribution in [3.05, 3.63) is 60.0 Å². The van der Waals surface area contributed by atoms with Crippen molar-refractivity contribution in [2.45, 2.75) is 95.8 Å². The fraction of sp³-hybridized carbons (Fsp3) is 0.541. The molecular weight excluding hydrogens is 672 g/mol. The van der Waals surface area contributed by atoms with Crippen molar-refractivity contribution in [1.29, 1.82) is 5.26 Å². The fourth-order valence-corrected chi connectivity index (χ4v) is 6.86. The number of aliphatic hydroxyl groups excluding tert-OH is 1. The van der Waals surface area contributed by atoms with E-state index in [0.717, 1.165) is 44.0 Å². The molecule has 15 heteroatoms. The van der Waals surface area contributed by atoms with Crippen LogP contribution in [0.3, 0.4) is 0 Å². The number of nitrogens with one attached hydrogen (secondary N) is 1. The lowest BCUT2D eigenvalue weighted by Gasteiger charge is -2.28. The number of nitriles is 1. The molecule has 2 fully saturated rings. The molecule has 0 bridgehead atoms. The molecular formula is C37H46N6O9. The molecule has 2 aliphatic carbocycles. The molecule has 1 amide bonds. The molecule has 2 saturated carbocycles. The van der Waals surface area contributed by atoms with Crippen LogP contribution in [-0.2, 0) is 45.2 Å². The first-order chi connectivity index (χ1) is 24.8. The van der Waals surface area contributed by atoms with Crippen LogP contribution in [0.15, 0.2) is 48.8 Å². The maximum atomic E-state index is 13.3. The van der Waals surface area contributed by atoms with Gasteiger partial charge < -0.3 is 29.8 Å². The Labute approximate surface area is 301 Å². The number of hydrogen-bond acceptors (Lipinski definition) is 13. The first-order valence-electron chi connectivity index (χ1n) is 17.5. The van der Waals surface area contributed by atoms with Gasteiger partial charge in [0.15, 0.2) is 5.82 Å². The molecule has 278 valence electrons. The van der Waals surface area contributed by atoms with E-state index in [1.54, 1.807) is 32.9 Å². The number of esters is 3. The number of rotatable bonds is 12. The Bertz CT molecular complexity index is 1780. The molecule has 4 N–H and O–H groups in total. The summed E-state index contributed by atoms with van der Waals surface area (Å²) in [7, 11) is 0. The van der Waals surface area contributed by atoms with Gasteiger partial charge >= 0.3 is 24.0 Å². The summed E-state index contributed by atoms with van der Waals surface area (Å²) in [6, 6.07) is 13.6. The van der Waals surface area contributed by atoms with Gasteiger partial charge in [0, 0.05) is 12.3 Å². The first-order valence-corrected chi connectivity index (χ1v) is 17.5. The Morgan fingerprint density at radius 2 is 1.81 bits per heavy atom. The zero-order valence-electron chi connectivity index (χ0n) is 29.7. The van der Waals surface area contributed by atoms with Crippen molar-refractivity contribution in [3.63, 3.8) is 0 Å². The molecule has 0 aliphatic heterocycles.